The second-order valence-electron chi connectivity index (χ2n) is 4.26. The number of carboxylic acids is 2. The van der Waals surface area contributed by atoms with E-state index in [2.05, 4.69) is 5.32 Å². The number of rotatable bonds is 6. The van der Waals surface area contributed by atoms with Crippen LogP contribution in [0.15, 0.2) is 18.2 Å². The standard InChI is InChI=1S/C13H14FNO5/c1-7-6-8(2-3-9(7)14)12(18)15-10(13(19)20)4-5-11(16)17/h2-3,6,10H,4-5H2,1H3,(H,15,18)(H,16,17)(H,19,20). The van der Waals surface area contributed by atoms with Gasteiger partial charge in [-0.3, -0.25) is 9.59 Å². The number of aryl methyl sites for hydroxylation is 1. The molecule has 1 atom stereocenters. The second kappa shape index (κ2) is 6.65. The van der Waals surface area contributed by atoms with Crippen molar-refractivity contribution in [2.75, 3.05) is 0 Å². The van der Waals surface area contributed by atoms with Crippen LogP contribution < -0.4 is 5.32 Å². The minimum atomic E-state index is -1.32. The van der Waals surface area contributed by atoms with Crippen molar-refractivity contribution in [2.24, 2.45) is 0 Å². The van der Waals surface area contributed by atoms with Crippen LogP contribution in [0.1, 0.15) is 28.8 Å². The number of hydrogen-bond acceptors (Lipinski definition) is 3. The molecule has 3 N–H and O–H groups in total. The maximum Gasteiger partial charge on any atom is 0.326 e. The van der Waals surface area contributed by atoms with Gasteiger partial charge >= 0.3 is 11.9 Å². The Labute approximate surface area is 114 Å². The summed E-state index contributed by atoms with van der Waals surface area (Å²) in [4.78, 5) is 33.2. The lowest BCUT2D eigenvalue weighted by atomic mass is 10.1. The zero-order chi connectivity index (χ0) is 15.3. The van der Waals surface area contributed by atoms with Crippen molar-refractivity contribution < 1.29 is 29.0 Å². The Morgan fingerprint density at radius 3 is 2.45 bits per heavy atom. The highest BCUT2D eigenvalue weighted by Gasteiger charge is 2.21. The Kier molecular flexibility index (Phi) is 5.19. The number of carboxylic acid groups (broad SMARTS) is 2. The molecule has 20 heavy (non-hydrogen) atoms. The van der Waals surface area contributed by atoms with Crippen molar-refractivity contribution in [3.8, 4) is 0 Å². The van der Waals surface area contributed by atoms with Gasteiger partial charge in [0.2, 0.25) is 0 Å². The average molecular weight is 283 g/mol. The van der Waals surface area contributed by atoms with Crippen molar-refractivity contribution in [1.29, 1.82) is 0 Å². The van der Waals surface area contributed by atoms with E-state index in [0.717, 1.165) is 6.07 Å². The van der Waals surface area contributed by atoms with Crippen LogP contribution in [-0.2, 0) is 9.59 Å². The summed E-state index contributed by atoms with van der Waals surface area (Å²) >= 11 is 0. The second-order valence-corrected chi connectivity index (χ2v) is 4.26. The normalized spacial score (nSPS) is 11.7. The van der Waals surface area contributed by atoms with Crippen LogP contribution in [0.3, 0.4) is 0 Å². The molecule has 0 bridgehead atoms. The maximum absolute atomic E-state index is 13.1. The van der Waals surface area contributed by atoms with Gasteiger partial charge in [0, 0.05) is 12.0 Å². The van der Waals surface area contributed by atoms with E-state index in [-0.39, 0.29) is 24.0 Å². The summed E-state index contributed by atoms with van der Waals surface area (Å²) in [5, 5.41) is 19.6. The molecule has 0 radical (unpaired) electrons. The third-order valence-electron chi connectivity index (χ3n) is 2.67. The predicted molar refractivity (Wildman–Crippen MR) is 66.9 cm³/mol. The molecule has 1 amide bonds. The smallest absolute Gasteiger partial charge is 0.326 e. The van der Waals surface area contributed by atoms with Gasteiger partial charge in [-0.2, -0.15) is 0 Å². The van der Waals surface area contributed by atoms with Crippen molar-refractivity contribution in [3.05, 3.63) is 35.1 Å². The Hall–Kier alpha value is -2.44. The first-order chi connectivity index (χ1) is 9.31. The van der Waals surface area contributed by atoms with Crippen LogP contribution in [0.5, 0.6) is 0 Å². The van der Waals surface area contributed by atoms with Crippen LogP contribution in [0, 0.1) is 12.7 Å². The molecular formula is C13H14FNO5. The zero-order valence-electron chi connectivity index (χ0n) is 10.7. The van der Waals surface area contributed by atoms with Gasteiger partial charge < -0.3 is 15.5 Å². The Morgan fingerprint density at radius 1 is 1.30 bits per heavy atom. The Balaban J connectivity index is 2.77. The molecule has 1 rings (SSSR count). The van der Waals surface area contributed by atoms with E-state index >= 15 is 0 Å². The lowest BCUT2D eigenvalue weighted by molar-refractivity contribution is -0.140. The highest BCUT2D eigenvalue weighted by Crippen LogP contribution is 2.10. The van der Waals surface area contributed by atoms with E-state index in [1.165, 1.54) is 19.1 Å². The van der Waals surface area contributed by atoms with E-state index in [0.29, 0.717) is 0 Å². The molecule has 108 valence electrons. The first-order valence-corrected chi connectivity index (χ1v) is 5.83. The monoisotopic (exact) mass is 283 g/mol. The van der Waals surface area contributed by atoms with Crippen LogP contribution in [0.4, 0.5) is 4.39 Å². The Morgan fingerprint density at radius 2 is 1.95 bits per heavy atom. The molecule has 1 aromatic rings. The number of carbonyl (C=O) groups is 3. The molecule has 6 nitrogen and oxygen atoms in total. The van der Waals surface area contributed by atoms with Crippen molar-refractivity contribution >= 4 is 17.8 Å². The van der Waals surface area contributed by atoms with E-state index < -0.39 is 29.7 Å². The van der Waals surface area contributed by atoms with Gasteiger partial charge in [-0.1, -0.05) is 0 Å². The number of halogens is 1. The zero-order valence-corrected chi connectivity index (χ0v) is 10.7. The molecule has 0 fully saturated rings. The van der Waals surface area contributed by atoms with E-state index in [1.54, 1.807) is 0 Å². The van der Waals surface area contributed by atoms with E-state index in [4.69, 9.17) is 10.2 Å². The molecule has 0 aliphatic carbocycles. The fraction of sp³-hybridized carbons (Fsp3) is 0.308. The molecule has 0 aromatic heterocycles. The van der Waals surface area contributed by atoms with Crippen molar-refractivity contribution in [1.82, 2.24) is 5.32 Å². The summed E-state index contributed by atoms with van der Waals surface area (Å²) in [5.74, 6) is -3.63. The number of benzene rings is 1. The minimum absolute atomic E-state index is 0.116. The molecule has 0 aliphatic rings. The van der Waals surface area contributed by atoms with Crippen LogP contribution in [0.25, 0.3) is 0 Å². The van der Waals surface area contributed by atoms with Crippen LogP contribution >= 0.6 is 0 Å². The van der Waals surface area contributed by atoms with Gasteiger partial charge in [0.1, 0.15) is 11.9 Å². The van der Waals surface area contributed by atoms with Gasteiger partial charge in [0.25, 0.3) is 5.91 Å². The first kappa shape index (κ1) is 15.6. The lowest BCUT2D eigenvalue weighted by Gasteiger charge is -2.13. The minimum Gasteiger partial charge on any atom is -0.481 e. The topological polar surface area (TPSA) is 104 Å². The highest BCUT2D eigenvalue weighted by atomic mass is 19.1. The summed E-state index contributed by atoms with van der Waals surface area (Å²) in [5.41, 5.74) is 0.375. The summed E-state index contributed by atoms with van der Waals surface area (Å²) in [6, 6.07) is 2.33. The number of amides is 1. The molecule has 0 aliphatic heterocycles. The Bertz CT molecular complexity index is 544. The van der Waals surface area contributed by atoms with Gasteiger partial charge in [-0.15, -0.1) is 0 Å². The molecule has 1 aromatic carbocycles. The first-order valence-electron chi connectivity index (χ1n) is 5.83. The highest BCUT2D eigenvalue weighted by molar-refractivity contribution is 5.96. The molecule has 0 saturated heterocycles. The molecule has 0 spiro atoms. The lowest BCUT2D eigenvalue weighted by Crippen LogP contribution is -2.41. The van der Waals surface area contributed by atoms with Crippen molar-refractivity contribution in [3.63, 3.8) is 0 Å². The van der Waals surface area contributed by atoms with E-state index in [9.17, 15) is 18.8 Å². The summed E-state index contributed by atoms with van der Waals surface area (Å²) < 4.78 is 13.1. The SMILES string of the molecule is Cc1cc(C(=O)NC(CCC(=O)O)C(=O)O)ccc1F. The quantitative estimate of drug-likeness (QED) is 0.727. The van der Waals surface area contributed by atoms with Crippen molar-refractivity contribution in [2.45, 2.75) is 25.8 Å². The van der Waals surface area contributed by atoms with Gasteiger partial charge in [0.05, 0.1) is 0 Å². The maximum atomic E-state index is 13.1. The number of carbonyl (C=O) groups excluding carboxylic acids is 1. The summed E-state index contributed by atoms with van der Waals surface area (Å²) in [7, 11) is 0. The third-order valence-corrected chi connectivity index (χ3v) is 2.67. The van der Waals surface area contributed by atoms with Gasteiger partial charge in [-0.05, 0) is 37.1 Å². The number of nitrogens with one attached hydrogen (secondary N) is 1. The third kappa shape index (κ3) is 4.34. The van der Waals surface area contributed by atoms with Gasteiger partial charge in [-0.25, -0.2) is 9.18 Å². The number of aliphatic carboxylic acids is 2. The predicted octanol–water partition coefficient (Wildman–Crippen LogP) is 1.18. The molecule has 0 heterocycles. The molecule has 1 unspecified atom stereocenters. The fourth-order valence-corrected chi connectivity index (χ4v) is 1.55. The average Bonchev–Trinajstić information content (AvgIpc) is 2.36. The number of hydrogen-bond donors (Lipinski definition) is 3. The molecule has 0 saturated carbocycles. The fourth-order valence-electron chi connectivity index (χ4n) is 1.55. The molecular weight excluding hydrogens is 269 g/mol. The van der Waals surface area contributed by atoms with E-state index in [1.807, 2.05) is 0 Å². The summed E-state index contributed by atoms with van der Waals surface area (Å²) in [6.45, 7) is 1.48. The summed E-state index contributed by atoms with van der Waals surface area (Å²) in [6.07, 6.45) is -0.601. The molecule has 7 heteroatoms. The van der Waals surface area contributed by atoms with Crippen LogP contribution in [-0.4, -0.2) is 34.1 Å². The van der Waals surface area contributed by atoms with Crippen LogP contribution in [0.2, 0.25) is 0 Å². The van der Waals surface area contributed by atoms with Gasteiger partial charge in [0.15, 0.2) is 0 Å². The largest absolute Gasteiger partial charge is 0.481 e.